The lowest BCUT2D eigenvalue weighted by Crippen LogP contribution is -2.22. The first-order chi connectivity index (χ1) is 11.4. The second kappa shape index (κ2) is 6.51. The number of phenolic OH excluding ortho intramolecular Hbond substituents is 2. The molecule has 24 heavy (non-hydrogen) atoms. The Kier molecular flexibility index (Phi) is 4.42. The maximum absolute atomic E-state index is 11.1. The predicted octanol–water partition coefficient (Wildman–Crippen LogP) is 3.04. The number of carbonyl (C=O) groups excluding carboxylic acids is 1. The van der Waals surface area contributed by atoms with Crippen LogP contribution in [0.3, 0.4) is 0 Å². The number of aromatic hydroxyl groups is 2. The molecule has 0 unspecified atom stereocenters. The fourth-order valence-corrected chi connectivity index (χ4v) is 3.45. The van der Waals surface area contributed by atoms with Crippen LogP contribution in [0.5, 0.6) is 11.5 Å². The fourth-order valence-electron chi connectivity index (χ4n) is 2.24. The summed E-state index contributed by atoms with van der Waals surface area (Å²) in [6.45, 7) is 0. The van der Waals surface area contributed by atoms with Crippen molar-refractivity contribution in [2.24, 2.45) is 0 Å². The van der Waals surface area contributed by atoms with Gasteiger partial charge in [-0.1, -0.05) is 23.7 Å². The zero-order valence-corrected chi connectivity index (χ0v) is 13.8. The van der Waals surface area contributed by atoms with Gasteiger partial charge in [-0.2, -0.15) is 0 Å². The Balaban J connectivity index is 2.10. The van der Waals surface area contributed by atoms with Gasteiger partial charge in [0.05, 0.1) is 15.2 Å². The van der Waals surface area contributed by atoms with Gasteiger partial charge in [0.1, 0.15) is 5.01 Å². The van der Waals surface area contributed by atoms with Crippen LogP contribution in [-0.2, 0) is 4.79 Å². The fraction of sp³-hybridized carbons (Fsp3) is 0.0588. The number of thiazole rings is 1. The van der Waals surface area contributed by atoms with Crippen LogP contribution < -0.4 is 5.11 Å². The Bertz CT molecular complexity index is 908. The molecule has 122 valence electrons. The molecule has 0 spiro atoms. The molecule has 7 heteroatoms. The van der Waals surface area contributed by atoms with E-state index >= 15 is 0 Å². The summed E-state index contributed by atoms with van der Waals surface area (Å²) in [6, 6.07) is 10.2. The predicted molar refractivity (Wildman–Crippen MR) is 91.9 cm³/mol. The van der Waals surface area contributed by atoms with Gasteiger partial charge in [-0.15, -0.1) is 11.3 Å². The minimum atomic E-state index is -1.24. The van der Waals surface area contributed by atoms with Gasteiger partial charge in [0.25, 0.3) is 0 Å². The summed E-state index contributed by atoms with van der Waals surface area (Å²) in [5.41, 5.74) is 1.65. The van der Waals surface area contributed by atoms with Crippen LogP contribution in [0.25, 0.3) is 21.9 Å². The van der Waals surface area contributed by atoms with Gasteiger partial charge in [0.15, 0.2) is 11.5 Å². The Morgan fingerprint density at radius 2 is 2.04 bits per heavy atom. The summed E-state index contributed by atoms with van der Waals surface area (Å²) in [7, 11) is 0. The highest BCUT2D eigenvalue weighted by Gasteiger charge is 2.12. The van der Waals surface area contributed by atoms with Crippen LogP contribution in [0.1, 0.15) is 17.0 Å². The number of hydrogen-bond acceptors (Lipinski definition) is 6. The van der Waals surface area contributed by atoms with E-state index in [9.17, 15) is 20.1 Å². The molecule has 0 saturated carbocycles. The van der Waals surface area contributed by atoms with Crippen LogP contribution in [0.2, 0.25) is 5.02 Å². The Morgan fingerprint density at radius 1 is 1.29 bits per heavy atom. The van der Waals surface area contributed by atoms with Crippen molar-refractivity contribution in [3.63, 3.8) is 0 Å². The van der Waals surface area contributed by atoms with Crippen molar-refractivity contribution >= 4 is 50.8 Å². The number of halogens is 1. The van der Waals surface area contributed by atoms with E-state index in [1.165, 1.54) is 23.5 Å². The largest absolute Gasteiger partial charge is 0.550 e. The number of para-hydroxylation sites is 1. The SMILES string of the molecule is O=C([O-])C/C(=C\c1cc(O)c(O)c(Cl)c1)c1nc2ccccc2s1. The van der Waals surface area contributed by atoms with Crippen molar-refractivity contribution in [3.05, 3.63) is 52.0 Å². The van der Waals surface area contributed by atoms with Crippen molar-refractivity contribution in [1.29, 1.82) is 0 Å². The molecule has 0 radical (unpaired) electrons. The summed E-state index contributed by atoms with van der Waals surface area (Å²) in [5, 5.41) is 30.8. The van der Waals surface area contributed by atoms with E-state index in [1.807, 2.05) is 24.3 Å². The zero-order valence-electron chi connectivity index (χ0n) is 12.2. The second-order valence-corrected chi connectivity index (χ2v) is 6.51. The number of hydrogen-bond donors (Lipinski definition) is 2. The van der Waals surface area contributed by atoms with E-state index in [0.29, 0.717) is 16.1 Å². The number of carboxylic acid groups (broad SMARTS) is 1. The van der Waals surface area contributed by atoms with Gasteiger partial charge in [-0.05, 0) is 41.5 Å². The lowest BCUT2D eigenvalue weighted by atomic mass is 10.1. The molecule has 2 N–H and O–H groups in total. The molecule has 5 nitrogen and oxygen atoms in total. The molecule has 1 aromatic heterocycles. The molecule has 0 bridgehead atoms. The Labute approximate surface area is 146 Å². The van der Waals surface area contributed by atoms with Gasteiger partial charge in [-0.25, -0.2) is 4.98 Å². The minimum absolute atomic E-state index is 0.0293. The number of phenols is 2. The van der Waals surface area contributed by atoms with E-state index in [1.54, 1.807) is 6.08 Å². The summed E-state index contributed by atoms with van der Waals surface area (Å²) < 4.78 is 0.934. The van der Waals surface area contributed by atoms with Crippen molar-refractivity contribution in [1.82, 2.24) is 4.98 Å². The number of fused-ring (bicyclic) bond motifs is 1. The maximum atomic E-state index is 11.1. The third kappa shape index (κ3) is 3.34. The van der Waals surface area contributed by atoms with E-state index in [-0.39, 0.29) is 17.2 Å². The topological polar surface area (TPSA) is 93.5 Å². The molecule has 0 atom stereocenters. The molecule has 0 fully saturated rings. The van der Waals surface area contributed by atoms with Crippen LogP contribution in [0, 0.1) is 0 Å². The van der Waals surface area contributed by atoms with Crippen LogP contribution in [-0.4, -0.2) is 21.2 Å². The first-order valence-corrected chi connectivity index (χ1v) is 8.11. The Hall–Kier alpha value is -2.57. The zero-order chi connectivity index (χ0) is 17.3. The average Bonchev–Trinajstić information content (AvgIpc) is 2.95. The number of carboxylic acids is 1. The smallest absolute Gasteiger partial charge is 0.176 e. The minimum Gasteiger partial charge on any atom is -0.550 e. The normalized spacial score (nSPS) is 11.8. The van der Waals surface area contributed by atoms with Gasteiger partial charge >= 0.3 is 0 Å². The molecular weight excluding hydrogens is 350 g/mol. The van der Waals surface area contributed by atoms with Gasteiger partial charge in [0.2, 0.25) is 0 Å². The quantitative estimate of drug-likeness (QED) is 0.697. The molecule has 0 aliphatic heterocycles. The molecule has 0 aliphatic carbocycles. The lowest BCUT2D eigenvalue weighted by molar-refractivity contribution is -0.304. The third-order valence-electron chi connectivity index (χ3n) is 3.31. The highest BCUT2D eigenvalue weighted by atomic mass is 35.5. The van der Waals surface area contributed by atoms with Crippen LogP contribution in [0.4, 0.5) is 0 Å². The van der Waals surface area contributed by atoms with E-state index in [4.69, 9.17) is 11.6 Å². The van der Waals surface area contributed by atoms with E-state index in [2.05, 4.69) is 4.98 Å². The number of aliphatic carboxylic acids is 1. The summed E-state index contributed by atoms with van der Waals surface area (Å²) in [4.78, 5) is 15.5. The van der Waals surface area contributed by atoms with Crippen molar-refractivity contribution in [3.8, 4) is 11.5 Å². The second-order valence-electron chi connectivity index (χ2n) is 5.08. The van der Waals surface area contributed by atoms with Gasteiger partial charge < -0.3 is 20.1 Å². The standard InChI is InChI=1S/C17H12ClNO4S/c18-11-6-9(7-13(20)16(11)23)5-10(8-15(21)22)17-19-12-3-1-2-4-14(12)24-17/h1-7,20,23H,8H2,(H,21,22)/p-1/b10-5+. The summed E-state index contributed by atoms with van der Waals surface area (Å²) in [6.07, 6.45) is 1.22. The molecule has 0 saturated heterocycles. The first kappa shape index (κ1) is 16.3. The lowest BCUT2D eigenvalue weighted by Gasteiger charge is -2.07. The molecule has 3 rings (SSSR count). The number of nitrogens with zero attached hydrogens (tertiary/aromatic N) is 1. The van der Waals surface area contributed by atoms with Gasteiger partial charge in [-0.3, -0.25) is 0 Å². The first-order valence-electron chi connectivity index (χ1n) is 6.92. The highest BCUT2D eigenvalue weighted by Crippen LogP contribution is 2.36. The summed E-state index contributed by atoms with van der Waals surface area (Å²) >= 11 is 7.20. The van der Waals surface area contributed by atoms with E-state index < -0.39 is 11.7 Å². The average molecular weight is 361 g/mol. The van der Waals surface area contributed by atoms with Crippen molar-refractivity contribution in [2.45, 2.75) is 6.42 Å². The van der Waals surface area contributed by atoms with Crippen molar-refractivity contribution < 1.29 is 20.1 Å². The summed E-state index contributed by atoms with van der Waals surface area (Å²) in [5.74, 6) is -2.05. The highest BCUT2D eigenvalue weighted by molar-refractivity contribution is 7.19. The van der Waals surface area contributed by atoms with E-state index in [0.717, 1.165) is 10.2 Å². The van der Waals surface area contributed by atoms with Crippen LogP contribution in [0.15, 0.2) is 36.4 Å². The van der Waals surface area contributed by atoms with Gasteiger partial charge in [0, 0.05) is 12.4 Å². The van der Waals surface area contributed by atoms with Crippen molar-refractivity contribution in [2.75, 3.05) is 0 Å². The monoisotopic (exact) mass is 360 g/mol. The van der Waals surface area contributed by atoms with Crippen LogP contribution >= 0.6 is 22.9 Å². The Morgan fingerprint density at radius 3 is 2.71 bits per heavy atom. The number of carbonyl (C=O) groups is 1. The molecule has 0 aliphatic rings. The molecule has 1 heterocycles. The maximum Gasteiger partial charge on any atom is 0.176 e. The molecule has 3 aromatic rings. The molecular formula is C17H11ClNO4S-. The molecule has 0 amide bonds. The third-order valence-corrected chi connectivity index (χ3v) is 4.71. The molecule has 2 aromatic carbocycles. The number of benzene rings is 2. The number of rotatable bonds is 4. The number of aromatic nitrogens is 1.